The van der Waals surface area contributed by atoms with E-state index in [1.54, 1.807) is 0 Å². The number of nitrogens with one attached hydrogen (secondary N) is 2. The first-order valence-corrected chi connectivity index (χ1v) is 7.17. The predicted octanol–water partition coefficient (Wildman–Crippen LogP) is 4.00. The number of halogens is 3. The molecule has 0 spiro atoms. The number of hydrogen-bond acceptors (Lipinski definition) is 5. The molecule has 0 bridgehead atoms. The van der Waals surface area contributed by atoms with Crippen LogP contribution in [0.1, 0.15) is 5.69 Å². The molecule has 1 heterocycles. The predicted molar refractivity (Wildman–Crippen MR) is 103 cm³/mol. The van der Waals surface area contributed by atoms with Gasteiger partial charge in [0.25, 0.3) is 0 Å². The fourth-order valence-electron chi connectivity index (χ4n) is 1.78. The van der Waals surface area contributed by atoms with E-state index < -0.39 is 0 Å². The molecule has 2 rings (SSSR count). The molecule has 0 aliphatic rings. The molecule has 8 heteroatoms. The largest absolute Gasteiger partial charge is 0.369 e. The minimum Gasteiger partial charge on any atom is -0.369 e. The van der Waals surface area contributed by atoms with Crippen molar-refractivity contribution in [2.75, 3.05) is 37.8 Å². The van der Waals surface area contributed by atoms with Crippen LogP contribution in [0.25, 0.3) is 0 Å². The second-order valence-corrected chi connectivity index (χ2v) is 5.52. The van der Waals surface area contributed by atoms with Crippen molar-refractivity contribution in [3.05, 3.63) is 41.0 Å². The van der Waals surface area contributed by atoms with Gasteiger partial charge in [-0.15, -0.1) is 24.8 Å². The normalized spacial score (nSPS) is 9.78. The Kier molecular flexibility index (Phi) is 9.91. The Balaban J connectivity index is 0.00000242. The summed E-state index contributed by atoms with van der Waals surface area (Å²) in [5, 5.41) is 7.18. The van der Waals surface area contributed by atoms with Gasteiger partial charge in [-0.1, -0.05) is 11.6 Å². The summed E-state index contributed by atoms with van der Waals surface area (Å²) < 4.78 is 0. The lowest BCUT2D eigenvalue weighted by molar-refractivity contribution is 0.425. The molecule has 0 saturated carbocycles. The monoisotopic (exact) mass is 377 g/mol. The van der Waals surface area contributed by atoms with Crippen molar-refractivity contribution in [3.8, 4) is 0 Å². The van der Waals surface area contributed by atoms with Gasteiger partial charge in [-0.3, -0.25) is 0 Å². The molecule has 0 radical (unpaired) electrons. The number of hydrogen-bond donors (Lipinski definition) is 2. The van der Waals surface area contributed by atoms with Crippen molar-refractivity contribution in [2.45, 2.75) is 6.92 Å². The van der Waals surface area contributed by atoms with Crippen LogP contribution in [0, 0.1) is 6.92 Å². The van der Waals surface area contributed by atoms with Gasteiger partial charge in [-0.05, 0) is 45.3 Å². The van der Waals surface area contributed by atoms with Crippen LogP contribution in [0.4, 0.5) is 17.5 Å². The van der Waals surface area contributed by atoms with E-state index in [9.17, 15) is 0 Å². The van der Waals surface area contributed by atoms with Crippen LogP contribution in [0.2, 0.25) is 5.02 Å². The molecule has 23 heavy (non-hydrogen) atoms. The van der Waals surface area contributed by atoms with Crippen molar-refractivity contribution in [2.24, 2.45) is 0 Å². The van der Waals surface area contributed by atoms with Crippen molar-refractivity contribution >= 4 is 53.9 Å². The Morgan fingerprint density at radius 3 is 2.35 bits per heavy atom. The molecule has 1 aromatic heterocycles. The van der Waals surface area contributed by atoms with Crippen LogP contribution < -0.4 is 10.6 Å². The summed E-state index contributed by atoms with van der Waals surface area (Å²) in [5.74, 6) is 1.39. The van der Waals surface area contributed by atoms with Gasteiger partial charge in [0.2, 0.25) is 5.95 Å². The Morgan fingerprint density at radius 1 is 1.09 bits per heavy atom. The zero-order valence-electron chi connectivity index (χ0n) is 13.3. The zero-order valence-corrected chi connectivity index (χ0v) is 15.7. The molecule has 0 saturated heterocycles. The van der Waals surface area contributed by atoms with Gasteiger partial charge in [0.05, 0.1) is 0 Å². The summed E-state index contributed by atoms with van der Waals surface area (Å²) in [6.45, 7) is 3.73. The maximum absolute atomic E-state index is 5.87. The molecule has 2 N–H and O–H groups in total. The van der Waals surface area contributed by atoms with E-state index in [2.05, 4.69) is 25.5 Å². The van der Waals surface area contributed by atoms with E-state index >= 15 is 0 Å². The van der Waals surface area contributed by atoms with Gasteiger partial charge in [0.1, 0.15) is 5.82 Å². The standard InChI is InChI=1S/C15H20ClN5.2ClH/c1-11-10-14(17-8-9-21(2)3)20-15(18-11)19-13-6-4-12(16)5-7-13;;/h4-7,10H,8-9H2,1-3H3,(H2,17,18,19,20);2*1H. The van der Waals surface area contributed by atoms with Gasteiger partial charge < -0.3 is 15.5 Å². The third-order valence-corrected chi connectivity index (χ3v) is 3.07. The summed E-state index contributed by atoms with van der Waals surface area (Å²) in [7, 11) is 4.08. The minimum atomic E-state index is 0. The quantitative estimate of drug-likeness (QED) is 0.795. The van der Waals surface area contributed by atoms with E-state index in [1.165, 1.54) is 0 Å². The summed E-state index contributed by atoms with van der Waals surface area (Å²) >= 11 is 5.87. The summed E-state index contributed by atoms with van der Waals surface area (Å²) in [4.78, 5) is 11.0. The number of likely N-dealkylation sites (N-methyl/N-ethyl adjacent to an activating group) is 1. The second-order valence-electron chi connectivity index (χ2n) is 5.08. The molecule has 0 amide bonds. The van der Waals surface area contributed by atoms with Crippen LogP contribution in [-0.2, 0) is 0 Å². The van der Waals surface area contributed by atoms with Gasteiger partial charge >= 0.3 is 0 Å². The highest BCUT2D eigenvalue weighted by Gasteiger charge is 2.03. The van der Waals surface area contributed by atoms with Crippen molar-refractivity contribution < 1.29 is 0 Å². The molecule has 0 fully saturated rings. The Hall–Kier alpha value is -1.27. The first-order valence-electron chi connectivity index (χ1n) is 6.80. The lowest BCUT2D eigenvalue weighted by Gasteiger charge is -2.12. The summed E-state index contributed by atoms with van der Waals surface area (Å²) in [5.41, 5.74) is 1.82. The van der Waals surface area contributed by atoms with Crippen LogP contribution in [0.15, 0.2) is 30.3 Å². The average molecular weight is 379 g/mol. The van der Waals surface area contributed by atoms with E-state index in [0.717, 1.165) is 30.3 Å². The molecule has 128 valence electrons. The molecule has 0 atom stereocenters. The summed E-state index contributed by atoms with van der Waals surface area (Å²) in [6, 6.07) is 9.38. The molecule has 0 aliphatic heterocycles. The number of nitrogens with zero attached hydrogens (tertiary/aromatic N) is 3. The highest BCUT2D eigenvalue weighted by Crippen LogP contribution is 2.18. The van der Waals surface area contributed by atoms with Crippen molar-refractivity contribution in [1.29, 1.82) is 0 Å². The smallest absolute Gasteiger partial charge is 0.229 e. The Labute approximate surface area is 154 Å². The zero-order chi connectivity index (χ0) is 15.2. The Morgan fingerprint density at radius 2 is 1.74 bits per heavy atom. The SMILES string of the molecule is Cc1cc(NCCN(C)C)nc(Nc2ccc(Cl)cc2)n1.Cl.Cl. The average Bonchev–Trinajstić information content (AvgIpc) is 2.40. The van der Waals surface area contributed by atoms with Gasteiger partial charge in [-0.2, -0.15) is 4.98 Å². The minimum absolute atomic E-state index is 0. The van der Waals surface area contributed by atoms with Crippen LogP contribution in [-0.4, -0.2) is 42.1 Å². The Bertz CT molecular complexity index is 590. The van der Waals surface area contributed by atoms with Crippen molar-refractivity contribution in [3.63, 3.8) is 0 Å². The maximum Gasteiger partial charge on any atom is 0.229 e. The lowest BCUT2D eigenvalue weighted by atomic mass is 10.3. The fraction of sp³-hybridized carbons (Fsp3) is 0.333. The van der Waals surface area contributed by atoms with E-state index in [0.29, 0.717) is 11.0 Å². The first kappa shape index (κ1) is 21.7. The molecule has 0 aliphatic carbocycles. The number of aromatic nitrogens is 2. The highest BCUT2D eigenvalue weighted by molar-refractivity contribution is 6.30. The second kappa shape index (κ2) is 10.5. The fourth-order valence-corrected chi connectivity index (χ4v) is 1.91. The third-order valence-electron chi connectivity index (χ3n) is 2.82. The number of aryl methyl sites for hydroxylation is 1. The van der Waals surface area contributed by atoms with Crippen LogP contribution in [0.3, 0.4) is 0 Å². The highest BCUT2D eigenvalue weighted by atomic mass is 35.5. The molecule has 1 aromatic carbocycles. The summed E-state index contributed by atoms with van der Waals surface area (Å²) in [6.07, 6.45) is 0. The molecule has 0 unspecified atom stereocenters. The molecular weight excluding hydrogens is 357 g/mol. The lowest BCUT2D eigenvalue weighted by Crippen LogP contribution is -2.21. The van der Waals surface area contributed by atoms with Crippen molar-refractivity contribution in [1.82, 2.24) is 14.9 Å². The van der Waals surface area contributed by atoms with Crippen LogP contribution in [0.5, 0.6) is 0 Å². The van der Waals surface area contributed by atoms with Gasteiger partial charge in [0, 0.05) is 35.6 Å². The molecular formula is C15H22Cl3N5. The van der Waals surface area contributed by atoms with Gasteiger partial charge in [0.15, 0.2) is 0 Å². The molecule has 5 nitrogen and oxygen atoms in total. The van der Waals surface area contributed by atoms with E-state index in [-0.39, 0.29) is 24.8 Å². The number of benzene rings is 1. The van der Waals surface area contributed by atoms with Gasteiger partial charge in [-0.25, -0.2) is 4.98 Å². The number of anilines is 3. The van der Waals surface area contributed by atoms with E-state index in [4.69, 9.17) is 11.6 Å². The number of rotatable bonds is 6. The first-order chi connectivity index (χ1) is 10.0. The van der Waals surface area contributed by atoms with Crippen LogP contribution >= 0.6 is 36.4 Å². The topological polar surface area (TPSA) is 53.1 Å². The third kappa shape index (κ3) is 7.70. The molecule has 2 aromatic rings. The maximum atomic E-state index is 5.87. The van der Waals surface area contributed by atoms with E-state index in [1.807, 2.05) is 51.4 Å².